The van der Waals surface area contributed by atoms with Crippen LogP contribution in [0.25, 0.3) is 5.69 Å². The quantitative estimate of drug-likeness (QED) is 0.828. The van der Waals surface area contributed by atoms with E-state index in [1.54, 1.807) is 19.6 Å². The molecule has 2 heterocycles. The molecule has 1 aliphatic heterocycles. The van der Waals surface area contributed by atoms with Crippen LogP contribution in [0.4, 0.5) is 5.69 Å². The Bertz CT molecular complexity index is 653. The van der Waals surface area contributed by atoms with Gasteiger partial charge in [-0.25, -0.2) is 4.98 Å². The Labute approximate surface area is 160 Å². The fourth-order valence-corrected chi connectivity index (χ4v) is 3.04. The van der Waals surface area contributed by atoms with Gasteiger partial charge in [-0.2, -0.15) is 0 Å². The van der Waals surface area contributed by atoms with Crippen molar-refractivity contribution in [3.63, 3.8) is 0 Å². The highest BCUT2D eigenvalue weighted by atomic mass is 35.5. The van der Waals surface area contributed by atoms with Crippen molar-refractivity contribution in [2.24, 2.45) is 5.41 Å². The summed E-state index contributed by atoms with van der Waals surface area (Å²) in [5.74, 6) is 0.0311. The standard InChI is InChI=1S/C17H22N4O2.2ClH/c1-23-12-17(5-7-18-8-6-17)16(22)20-14-3-2-4-15(11-14)21-10-9-19-13-21;;/h2-4,9-11,13,18H,5-8,12H2,1H3,(H,20,22);2*1H. The Kier molecular flexibility index (Phi) is 8.38. The van der Waals surface area contributed by atoms with E-state index in [0.717, 1.165) is 37.3 Å². The summed E-state index contributed by atoms with van der Waals surface area (Å²) in [6.07, 6.45) is 6.91. The van der Waals surface area contributed by atoms with Crippen LogP contribution in [-0.4, -0.2) is 42.3 Å². The van der Waals surface area contributed by atoms with Gasteiger partial charge in [0, 0.05) is 30.9 Å². The number of rotatable bonds is 5. The number of benzene rings is 1. The summed E-state index contributed by atoms with van der Waals surface area (Å²) in [4.78, 5) is 16.9. The van der Waals surface area contributed by atoms with Crippen LogP contribution >= 0.6 is 24.8 Å². The van der Waals surface area contributed by atoms with Crippen molar-refractivity contribution < 1.29 is 9.53 Å². The zero-order chi connectivity index (χ0) is 16.1. The van der Waals surface area contributed by atoms with E-state index in [9.17, 15) is 4.79 Å². The maximum atomic E-state index is 12.8. The van der Waals surface area contributed by atoms with Gasteiger partial charge in [0.15, 0.2) is 0 Å². The van der Waals surface area contributed by atoms with Gasteiger partial charge in [0.1, 0.15) is 0 Å². The molecule has 138 valence electrons. The molecule has 1 aliphatic rings. The van der Waals surface area contributed by atoms with Gasteiger partial charge >= 0.3 is 0 Å². The zero-order valence-electron chi connectivity index (χ0n) is 14.1. The van der Waals surface area contributed by atoms with Crippen molar-refractivity contribution >= 4 is 36.4 Å². The van der Waals surface area contributed by atoms with E-state index >= 15 is 0 Å². The second kappa shape index (κ2) is 9.77. The largest absolute Gasteiger partial charge is 0.384 e. The van der Waals surface area contributed by atoms with Crippen LogP contribution in [0.1, 0.15) is 12.8 Å². The fourth-order valence-electron chi connectivity index (χ4n) is 3.04. The highest BCUT2D eigenvalue weighted by molar-refractivity contribution is 5.95. The number of piperidine rings is 1. The van der Waals surface area contributed by atoms with Gasteiger partial charge in [-0.1, -0.05) is 6.07 Å². The lowest BCUT2D eigenvalue weighted by Gasteiger charge is -2.35. The molecule has 2 N–H and O–H groups in total. The van der Waals surface area contributed by atoms with Crippen molar-refractivity contribution in [3.8, 4) is 5.69 Å². The molecule has 1 aromatic heterocycles. The van der Waals surface area contributed by atoms with Gasteiger partial charge in [-0.3, -0.25) is 4.79 Å². The van der Waals surface area contributed by atoms with Gasteiger partial charge in [-0.15, -0.1) is 24.8 Å². The number of carbonyl (C=O) groups is 1. The van der Waals surface area contributed by atoms with E-state index < -0.39 is 5.41 Å². The summed E-state index contributed by atoms with van der Waals surface area (Å²) in [5, 5.41) is 6.36. The Morgan fingerprint density at radius 2 is 2.12 bits per heavy atom. The number of amides is 1. The lowest BCUT2D eigenvalue weighted by atomic mass is 9.78. The molecular formula is C17H24Cl2N4O2. The predicted molar refractivity (Wildman–Crippen MR) is 103 cm³/mol. The molecule has 0 atom stereocenters. The van der Waals surface area contributed by atoms with E-state index in [4.69, 9.17) is 4.74 Å². The molecule has 1 saturated heterocycles. The molecule has 1 aromatic carbocycles. The minimum Gasteiger partial charge on any atom is -0.384 e. The number of anilines is 1. The Hall–Kier alpha value is -1.60. The van der Waals surface area contributed by atoms with Gasteiger partial charge in [0.05, 0.1) is 18.3 Å². The molecule has 6 nitrogen and oxygen atoms in total. The number of imidazole rings is 1. The number of carbonyl (C=O) groups excluding carboxylic acids is 1. The first-order chi connectivity index (χ1) is 11.2. The van der Waals surface area contributed by atoms with Crippen molar-refractivity contribution in [2.45, 2.75) is 12.8 Å². The molecular weight excluding hydrogens is 363 g/mol. The first-order valence-electron chi connectivity index (χ1n) is 7.83. The molecule has 1 fully saturated rings. The molecule has 0 aliphatic carbocycles. The molecule has 2 aromatic rings. The van der Waals surface area contributed by atoms with Crippen LogP contribution in [0.5, 0.6) is 0 Å². The van der Waals surface area contributed by atoms with Crippen molar-refractivity contribution in [2.75, 3.05) is 32.1 Å². The Morgan fingerprint density at radius 1 is 1.36 bits per heavy atom. The lowest BCUT2D eigenvalue weighted by Crippen LogP contribution is -2.47. The summed E-state index contributed by atoms with van der Waals surface area (Å²) >= 11 is 0. The first kappa shape index (κ1) is 21.4. The van der Waals surface area contributed by atoms with E-state index in [1.807, 2.05) is 35.0 Å². The molecule has 1 amide bonds. The number of ether oxygens (including phenoxy) is 1. The summed E-state index contributed by atoms with van der Waals surface area (Å²) in [6, 6.07) is 7.75. The van der Waals surface area contributed by atoms with Crippen LogP contribution in [-0.2, 0) is 9.53 Å². The highest BCUT2D eigenvalue weighted by Gasteiger charge is 2.39. The third-order valence-corrected chi connectivity index (χ3v) is 4.37. The SMILES string of the molecule is COCC1(C(=O)Nc2cccc(-n3ccnc3)c2)CCNCC1.Cl.Cl. The maximum absolute atomic E-state index is 12.8. The second-order valence-corrected chi connectivity index (χ2v) is 5.94. The zero-order valence-corrected chi connectivity index (χ0v) is 15.7. The number of hydrogen-bond acceptors (Lipinski definition) is 4. The predicted octanol–water partition coefficient (Wildman–Crippen LogP) is 2.67. The molecule has 0 saturated carbocycles. The molecule has 0 spiro atoms. The van der Waals surface area contributed by atoms with Crippen molar-refractivity contribution in [3.05, 3.63) is 43.0 Å². The van der Waals surface area contributed by atoms with Gasteiger partial charge < -0.3 is 19.9 Å². The molecule has 0 unspecified atom stereocenters. The van der Waals surface area contributed by atoms with E-state index in [-0.39, 0.29) is 30.7 Å². The van der Waals surface area contributed by atoms with Crippen LogP contribution in [0.15, 0.2) is 43.0 Å². The number of nitrogens with zero attached hydrogens (tertiary/aromatic N) is 2. The Balaban J connectivity index is 0.00000156. The van der Waals surface area contributed by atoms with E-state index in [0.29, 0.717) is 6.61 Å². The number of hydrogen-bond donors (Lipinski definition) is 2. The van der Waals surface area contributed by atoms with Crippen LogP contribution in [0, 0.1) is 5.41 Å². The third-order valence-electron chi connectivity index (χ3n) is 4.37. The van der Waals surface area contributed by atoms with Gasteiger partial charge in [0.2, 0.25) is 5.91 Å². The highest BCUT2D eigenvalue weighted by Crippen LogP contribution is 2.31. The minimum absolute atomic E-state index is 0. The molecule has 0 radical (unpaired) electrons. The number of aromatic nitrogens is 2. The number of methoxy groups -OCH3 is 1. The summed E-state index contributed by atoms with van der Waals surface area (Å²) < 4.78 is 7.23. The minimum atomic E-state index is -0.453. The summed E-state index contributed by atoms with van der Waals surface area (Å²) in [5.41, 5.74) is 1.30. The monoisotopic (exact) mass is 386 g/mol. The molecule has 8 heteroatoms. The average Bonchev–Trinajstić information content (AvgIpc) is 3.11. The van der Waals surface area contributed by atoms with Gasteiger partial charge in [0.25, 0.3) is 0 Å². The topological polar surface area (TPSA) is 68.2 Å². The first-order valence-corrected chi connectivity index (χ1v) is 7.83. The van der Waals surface area contributed by atoms with Gasteiger partial charge in [-0.05, 0) is 44.1 Å². The maximum Gasteiger partial charge on any atom is 0.233 e. The summed E-state index contributed by atoms with van der Waals surface area (Å²) in [7, 11) is 1.65. The van der Waals surface area contributed by atoms with Crippen molar-refractivity contribution in [1.82, 2.24) is 14.9 Å². The van der Waals surface area contributed by atoms with Crippen molar-refractivity contribution in [1.29, 1.82) is 0 Å². The van der Waals surface area contributed by atoms with Crippen LogP contribution < -0.4 is 10.6 Å². The normalized spacial score (nSPS) is 15.6. The average molecular weight is 387 g/mol. The Morgan fingerprint density at radius 3 is 2.76 bits per heavy atom. The lowest BCUT2D eigenvalue weighted by molar-refractivity contribution is -0.130. The number of halogens is 2. The smallest absolute Gasteiger partial charge is 0.233 e. The number of nitrogens with one attached hydrogen (secondary N) is 2. The fraction of sp³-hybridized carbons (Fsp3) is 0.412. The summed E-state index contributed by atoms with van der Waals surface area (Å²) in [6.45, 7) is 2.12. The van der Waals surface area contributed by atoms with Crippen LogP contribution in [0.3, 0.4) is 0 Å². The third kappa shape index (κ3) is 4.95. The van der Waals surface area contributed by atoms with Crippen LogP contribution in [0.2, 0.25) is 0 Å². The molecule has 0 bridgehead atoms. The molecule has 3 rings (SSSR count). The van der Waals surface area contributed by atoms with E-state index in [1.165, 1.54) is 0 Å². The molecule has 25 heavy (non-hydrogen) atoms. The second-order valence-electron chi connectivity index (χ2n) is 5.94. The van der Waals surface area contributed by atoms with E-state index in [2.05, 4.69) is 15.6 Å².